The third kappa shape index (κ3) is 18.3. The van der Waals surface area contributed by atoms with Crippen molar-refractivity contribution in [3.05, 3.63) is 12.2 Å². The molecular formula is C27H57NO3P+. The Kier molecular flexibility index (Phi) is 20.1. The Balaban J connectivity index is 3.48. The van der Waals surface area contributed by atoms with Crippen LogP contribution in [0.25, 0.3) is 0 Å². The van der Waals surface area contributed by atoms with E-state index in [1.54, 1.807) is 0 Å². The summed E-state index contributed by atoms with van der Waals surface area (Å²) >= 11 is 0. The molecule has 0 aliphatic carbocycles. The molecule has 0 fully saturated rings. The standard InChI is InChI=1S/C27H56NO3P/c1-6-8-9-10-11-12-13-14-15-16-17-18-19-20-21-22-23-24-26-31-32(29,30)27(25-7-2)28(3,4)5/h6,8,27H,7,9-26H2,1-5H3/p+1. The van der Waals surface area contributed by atoms with Crippen LogP contribution in [0.2, 0.25) is 0 Å². The summed E-state index contributed by atoms with van der Waals surface area (Å²) in [6.07, 6.45) is 27.0. The maximum absolute atomic E-state index is 12.6. The maximum atomic E-state index is 12.6. The topological polar surface area (TPSA) is 46.5 Å². The van der Waals surface area contributed by atoms with Gasteiger partial charge in [0.25, 0.3) is 0 Å². The lowest BCUT2D eigenvalue weighted by molar-refractivity contribution is -0.883. The van der Waals surface area contributed by atoms with E-state index >= 15 is 0 Å². The van der Waals surface area contributed by atoms with Crippen molar-refractivity contribution >= 4 is 7.60 Å². The Morgan fingerprint density at radius 1 is 0.781 bits per heavy atom. The number of hydrogen-bond donors (Lipinski definition) is 1. The minimum absolute atomic E-state index is 0.333. The molecule has 0 saturated carbocycles. The summed E-state index contributed by atoms with van der Waals surface area (Å²) < 4.78 is 18.6. The van der Waals surface area contributed by atoms with E-state index in [4.69, 9.17) is 4.52 Å². The van der Waals surface area contributed by atoms with E-state index in [-0.39, 0.29) is 5.78 Å². The maximum Gasteiger partial charge on any atom is 0.385 e. The first-order valence-corrected chi connectivity index (χ1v) is 15.3. The van der Waals surface area contributed by atoms with Crippen LogP contribution in [0.1, 0.15) is 129 Å². The van der Waals surface area contributed by atoms with Crippen molar-refractivity contribution < 1.29 is 18.5 Å². The summed E-state index contributed by atoms with van der Waals surface area (Å²) in [5.74, 6) is -0.333. The molecule has 0 aromatic heterocycles. The molecule has 4 nitrogen and oxygen atoms in total. The zero-order valence-electron chi connectivity index (χ0n) is 22.3. The molecule has 32 heavy (non-hydrogen) atoms. The highest BCUT2D eigenvalue weighted by Crippen LogP contribution is 2.51. The molecule has 1 N–H and O–H groups in total. The van der Waals surface area contributed by atoms with E-state index in [9.17, 15) is 9.46 Å². The van der Waals surface area contributed by atoms with Crippen LogP contribution in [-0.4, -0.2) is 42.9 Å². The lowest BCUT2D eigenvalue weighted by atomic mass is 10.0. The van der Waals surface area contributed by atoms with Crippen molar-refractivity contribution in [3.63, 3.8) is 0 Å². The van der Waals surface area contributed by atoms with Crippen LogP contribution in [0.5, 0.6) is 0 Å². The van der Waals surface area contributed by atoms with E-state index in [0.29, 0.717) is 17.5 Å². The molecule has 2 atom stereocenters. The van der Waals surface area contributed by atoms with Gasteiger partial charge in [-0.15, -0.1) is 0 Å². The van der Waals surface area contributed by atoms with Crippen LogP contribution in [-0.2, 0) is 9.09 Å². The molecule has 0 rings (SSSR count). The van der Waals surface area contributed by atoms with Gasteiger partial charge in [-0.3, -0.25) is 4.57 Å². The van der Waals surface area contributed by atoms with Crippen molar-refractivity contribution in [2.75, 3.05) is 27.7 Å². The van der Waals surface area contributed by atoms with Gasteiger partial charge in [0.2, 0.25) is 0 Å². The van der Waals surface area contributed by atoms with E-state index in [2.05, 4.69) is 26.0 Å². The Morgan fingerprint density at radius 3 is 1.56 bits per heavy atom. The van der Waals surface area contributed by atoms with Gasteiger partial charge in [0.15, 0.2) is 5.78 Å². The molecule has 0 aliphatic rings. The van der Waals surface area contributed by atoms with E-state index < -0.39 is 7.60 Å². The van der Waals surface area contributed by atoms with Crippen LogP contribution >= 0.6 is 7.60 Å². The average molecular weight is 475 g/mol. The Labute approximate surface area is 201 Å². The average Bonchev–Trinajstić information content (AvgIpc) is 2.72. The SMILES string of the molecule is CC=CCCCCCCCCCCCCCCCCCOP(=O)(O)C(CCC)[N+](C)(C)C. The van der Waals surface area contributed by atoms with Crippen molar-refractivity contribution in [1.82, 2.24) is 0 Å². The fraction of sp³-hybridized carbons (Fsp3) is 0.926. The van der Waals surface area contributed by atoms with E-state index in [0.717, 1.165) is 19.3 Å². The summed E-state index contributed by atoms with van der Waals surface area (Å²) in [5, 5.41) is 0. The van der Waals surface area contributed by atoms with Gasteiger partial charge in [0.05, 0.1) is 27.7 Å². The second kappa shape index (κ2) is 20.2. The van der Waals surface area contributed by atoms with Gasteiger partial charge in [-0.2, -0.15) is 0 Å². The highest BCUT2D eigenvalue weighted by molar-refractivity contribution is 7.53. The first-order chi connectivity index (χ1) is 15.3. The predicted molar refractivity (Wildman–Crippen MR) is 141 cm³/mol. The van der Waals surface area contributed by atoms with Gasteiger partial charge >= 0.3 is 7.60 Å². The third-order valence-corrected chi connectivity index (χ3v) is 8.60. The van der Waals surface area contributed by atoms with Crippen LogP contribution in [0.4, 0.5) is 0 Å². The van der Waals surface area contributed by atoms with Crippen LogP contribution in [0, 0.1) is 0 Å². The fourth-order valence-electron chi connectivity index (χ4n) is 4.36. The Bertz CT molecular complexity index is 488. The molecule has 0 heterocycles. The summed E-state index contributed by atoms with van der Waals surface area (Å²) in [6, 6.07) is 0. The predicted octanol–water partition coefficient (Wildman–Crippen LogP) is 8.84. The molecular weight excluding hydrogens is 417 g/mol. The van der Waals surface area contributed by atoms with E-state index in [1.807, 2.05) is 21.1 Å². The zero-order chi connectivity index (χ0) is 24.1. The number of rotatable bonds is 23. The highest BCUT2D eigenvalue weighted by Gasteiger charge is 2.41. The molecule has 2 unspecified atom stereocenters. The second-order valence-corrected chi connectivity index (χ2v) is 12.4. The van der Waals surface area contributed by atoms with Crippen molar-refractivity contribution in [2.24, 2.45) is 0 Å². The lowest BCUT2D eigenvalue weighted by Gasteiger charge is -2.35. The van der Waals surface area contributed by atoms with Crippen molar-refractivity contribution in [3.8, 4) is 0 Å². The molecule has 0 bridgehead atoms. The second-order valence-electron chi connectivity index (χ2n) is 10.4. The zero-order valence-corrected chi connectivity index (χ0v) is 23.2. The molecule has 0 aliphatic heterocycles. The number of quaternary nitrogens is 1. The molecule has 192 valence electrons. The molecule has 0 radical (unpaired) electrons. The first-order valence-electron chi connectivity index (χ1n) is 13.6. The number of unbranched alkanes of at least 4 members (excludes halogenated alkanes) is 15. The summed E-state index contributed by atoms with van der Waals surface area (Å²) in [5.41, 5.74) is 0. The third-order valence-electron chi connectivity index (χ3n) is 6.34. The molecule has 0 saturated heterocycles. The molecule has 0 spiro atoms. The van der Waals surface area contributed by atoms with Gasteiger partial charge < -0.3 is 13.9 Å². The van der Waals surface area contributed by atoms with Crippen LogP contribution in [0.15, 0.2) is 12.2 Å². The van der Waals surface area contributed by atoms with Crippen molar-refractivity contribution in [2.45, 2.75) is 135 Å². The largest absolute Gasteiger partial charge is 0.385 e. The summed E-state index contributed by atoms with van der Waals surface area (Å²) in [4.78, 5) is 10.4. The lowest BCUT2D eigenvalue weighted by Crippen LogP contribution is -2.45. The molecule has 5 heteroatoms. The summed E-state index contributed by atoms with van der Waals surface area (Å²) in [6.45, 7) is 4.56. The minimum Gasteiger partial charge on any atom is -0.320 e. The van der Waals surface area contributed by atoms with Gasteiger partial charge in [-0.1, -0.05) is 103 Å². The van der Waals surface area contributed by atoms with Crippen LogP contribution < -0.4 is 0 Å². The number of nitrogens with zero attached hydrogens (tertiary/aromatic N) is 1. The minimum atomic E-state index is -3.56. The van der Waals surface area contributed by atoms with Gasteiger partial charge in [0, 0.05) is 6.42 Å². The molecule has 0 aromatic carbocycles. The molecule has 0 aromatic rings. The number of allylic oxidation sites excluding steroid dienone is 2. The normalized spacial score (nSPS) is 15.3. The van der Waals surface area contributed by atoms with Crippen molar-refractivity contribution in [1.29, 1.82) is 0 Å². The smallest absolute Gasteiger partial charge is 0.320 e. The van der Waals surface area contributed by atoms with Gasteiger partial charge in [-0.25, -0.2) is 0 Å². The molecule has 0 amide bonds. The monoisotopic (exact) mass is 474 g/mol. The first kappa shape index (κ1) is 31.9. The van der Waals surface area contributed by atoms with E-state index in [1.165, 1.54) is 89.9 Å². The van der Waals surface area contributed by atoms with Crippen LogP contribution in [0.3, 0.4) is 0 Å². The highest BCUT2D eigenvalue weighted by atomic mass is 31.2. The summed E-state index contributed by atoms with van der Waals surface area (Å²) in [7, 11) is 2.36. The Hall–Kier alpha value is -0.150. The quantitative estimate of drug-likeness (QED) is 0.0696. The van der Waals surface area contributed by atoms with Gasteiger partial charge in [-0.05, 0) is 32.6 Å². The Morgan fingerprint density at radius 2 is 1.19 bits per heavy atom. The van der Waals surface area contributed by atoms with Gasteiger partial charge in [0.1, 0.15) is 0 Å². The number of hydrogen-bond acceptors (Lipinski definition) is 2. The fourth-order valence-corrected chi connectivity index (χ4v) is 6.38.